The van der Waals surface area contributed by atoms with E-state index in [0.29, 0.717) is 24.7 Å². The van der Waals surface area contributed by atoms with E-state index in [1.807, 2.05) is 13.0 Å². The predicted octanol–water partition coefficient (Wildman–Crippen LogP) is 4.91. The van der Waals surface area contributed by atoms with Crippen LogP contribution >= 0.6 is 0 Å². The zero-order valence-electron chi connectivity index (χ0n) is 15.8. The first-order valence-corrected chi connectivity index (χ1v) is 10.9. The number of aryl methyl sites for hydroxylation is 1. The van der Waals surface area contributed by atoms with Crippen LogP contribution in [0.2, 0.25) is 0 Å². The van der Waals surface area contributed by atoms with Crippen molar-refractivity contribution in [1.29, 1.82) is 0 Å². The third-order valence-corrected chi connectivity index (χ3v) is 7.89. The predicted molar refractivity (Wildman–Crippen MR) is 97.1 cm³/mol. The second-order valence-electron chi connectivity index (χ2n) is 8.22. The SMILES string of the molecule is COc1ccc2c(c1)CC[C@@H]1[C@@H]2CC[C@]2(C)C(OS(=O)(=O)C(F)(F)F)=CC[C@@H]12. The fourth-order valence-electron chi connectivity index (χ4n) is 5.51. The Morgan fingerprint density at radius 3 is 2.64 bits per heavy atom. The van der Waals surface area contributed by atoms with Gasteiger partial charge in [-0.15, -0.1) is 0 Å². The van der Waals surface area contributed by atoms with Gasteiger partial charge in [-0.1, -0.05) is 13.0 Å². The van der Waals surface area contributed by atoms with Crippen LogP contribution in [0.5, 0.6) is 5.75 Å². The number of ether oxygens (including phenoxy) is 1. The van der Waals surface area contributed by atoms with Gasteiger partial charge >= 0.3 is 15.6 Å². The van der Waals surface area contributed by atoms with Gasteiger partial charge in [0.05, 0.1) is 7.11 Å². The minimum atomic E-state index is -5.64. The molecule has 0 amide bonds. The third kappa shape index (κ3) is 2.91. The van der Waals surface area contributed by atoms with E-state index in [-0.39, 0.29) is 11.7 Å². The van der Waals surface area contributed by atoms with Gasteiger partial charge in [0.15, 0.2) is 0 Å². The van der Waals surface area contributed by atoms with E-state index in [1.165, 1.54) is 11.1 Å². The zero-order chi connectivity index (χ0) is 20.3. The van der Waals surface area contributed by atoms with Crippen molar-refractivity contribution in [2.75, 3.05) is 7.11 Å². The number of hydrogen-bond acceptors (Lipinski definition) is 4. The molecule has 0 heterocycles. The molecule has 1 aromatic carbocycles. The molecule has 1 aromatic rings. The molecule has 0 saturated heterocycles. The Bertz CT molecular complexity index is 922. The Morgan fingerprint density at radius 1 is 1.21 bits per heavy atom. The number of benzene rings is 1. The quantitative estimate of drug-likeness (QED) is 0.519. The Hall–Kier alpha value is -1.70. The molecule has 3 aliphatic rings. The van der Waals surface area contributed by atoms with Gasteiger partial charge < -0.3 is 8.92 Å². The molecule has 3 aliphatic carbocycles. The average Bonchev–Trinajstić information content (AvgIpc) is 2.96. The Kier molecular flexibility index (Phi) is 4.48. The summed E-state index contributed by atoms with van der Waals surface area (Å²) in [5.74, 6) is 1.51. The van der Waals surface area contributed by atoms with E-state index < -0.39 is 21.0 Å². The topological polar surface area (TPSA) is 52.6 Å². The van der Waals surface area contributed by atoms with Crippen molar-refractivity contribution in [3.05, 3.63) is 41.2 Å². The molecule has 8 heteroatoms. The van der Waals surface area contributed by atoms with Crippen molar-refractivity contribution in [1.82, 2.24) is 0 Å². The second kappa shape index (κ2) is 6.40. The van der Waals surface area contributed by atoms with Crippen LogP contribution in [0.1, 0.15) is 49.7 Å². The van der Waals surface area contributed by atoms with Crippen LogP contribution in [0.3, 0.4) is 0 Å². The summed E-state index contributed by atoms with van der Waals surface area (Å²) in [6.45, 7) is 1.85. The smallest absolute Gasteiger partial charge is 0.497 e. The normalized spacial score (nSPS) is 32.0. The highest BCUT2D eigenvalue weighted by Crippen LogP contribution is 2.61. The lowest BCUT2D eigenvalue weighted by molar-refractivity contribution is -0.0544. The summed E-state index contributed by atoms with van der Waals surface area (Å²) in [4.78, 5) is 0. The van der Waals surface area contributed by atoms with Crippen molar-refractivity contribution < 1.29 is 30.5 Å². The van der Waals surface area contributed by atoms with Crippen LogP contribution in [0.25, 0.3) is 0 Å². The number of rotatable bonds is 3. The van der Waals surface area contributed by atoms with Crippen LogP contribution in [0, 0.1) is 17.3 Å². The zero-order valence-corrected chi connectivity index (χ0v) is 16.6. The van der Waals surface area contributed by atoms with E-state index in [9.17, 15) is 21.6 Å². The molecular weight excluding hydrogens is 393 g/mol. The largest absolute Gasteiger partial charge is 0.534 e. The van der Waals surface area contributed by atoms with Crippen molar-refractivity contribution in [2.45, 2.75) is 50.5 Å². The van der Waals surface area contributed by atoms with Gasteiger partial charge in [-0.2, -0.15) is 21.6 Å². The molecule has 4 nitrogen and oxygen atoms in total. The number of methoxy groups -OCH3 is 1. The maximum absolute atomic E-state index is 12.8. The highest BCUT2D eigenvalue weighted by atomic mass is 32.2. The van der Waals surface area contributed by atoms with Crippen LogP contribution in [-0.2, 0) is 20.7 Å². The lowest BCUT2D eigenvalue weighted by Gasteiger charge is -2.49. The highest BCUT2D eigenvalue weighted by Gasteiger charge is 2.56. The molecule has 0 bridgehead atoms. The fourth-order valence-corrected chi connectivity index (χ4v) is 6.10. The molecule has 0 unspecified atom stereocenters. The lowest BCUT2D eigenvalue weighted by Crippen LogP contribution is -2.42. The summed E-state index contributed by atoms with van der Waals surface area (Å²) in [6, 6.07) is 6.12. The van der Waals surface area contributed by atoms with Crippen LogP contribution < -0.4 is 4.74 Å². The molecule has 0 aromatic heterocycles. The maximum atomic E-state index is 12.8. The van der Waals surface area contributed by atoms with Gasteiger partial charge in [-0.3, -0.25) is 0 Å². The van der Waals surface area contributed by atoms with Gasteiger partial charge in [0.2, 0.25) is 0 Å². The standard InChI is InChI=1S/C20H23F3O4S/c1-19-10-9-15-14-6-4-13(26-2)11-12(14)3-5-16(15)17(19)7-8-18(19)27-28(24,25)20(21,22)23/h4,6,8,11,15-17H,3,5,7,9-10H2,1-2H3/t15-,16-,17+,19+/m1/s1. The summed E-state index contributed by atoms with van der Waals surface area (Å²) < 4.78 is 71.3. The van der Waals surface area contributed by atoms with Crippen molar-refractivity contribution in [3.63, 3.8) is 0 Å². The Morgan fingerprint density at radius 2 is 1.96 bits per heavy atom. The molecule has 0 radical (unpaired) electrons. The van der Waals surface area contributed by atoms with Crippen LogP contribution in [0.15, 0.2) is 30.0 Å². The molecule has 1 fully saturated rings. The molecule has 4 rings (SSSR count). The number of alkyl halides is 3. The first kappa shape index (κ1) is 19.6. The van der Waals surface area contributed by atoms with Gasteiger partial charge in [0.1, 0.15) is 11.5 Å². The first-order valence-electron chi connectivity index (χ1n) is 9.45. The van der Waals surface area contributed by atoms with Crippen molar-refractivity contribution >= 4 is 10.1 Å². The monoisotopic (exact) mass is 416 g/mol. The number of allylic oxidation sites excluding steroid dienone is 2. The summed E-state index contributed by atoms with van der Waals surface area (Å²) in [6.07, 6.45) is 5.31. The van der Waals surface area contributed by atoms with E-state index >= 15 is 0 Å². The number of fused-ring (bicyclic) bond motifs is 5. The first-order chi connectivity index (χ1) is 13.1. The third-order valence-electron chi connectivity index (χ3n) is 6.93. The molecule has 0 N–H and O–H groups in total. The minimum absolute atomic E-state index is 0.0335. The maximum Gasteiger partial charge on any atom is 0.534 e. The van der Waals surface area contributed by atoms with E-state index in [1.54, 1.807) is 13.2 Å². The molecule has 0 aliphatic heterocycles. The summed E-state index contributed by atoms with van der Waals surface area (Å²) in [5.41, 5.74) is -3.53. The molecular formula is C20H23F3O4S. The fraction of sp³-hybridized carbons (Fsp3) is 0.600. The highest BCUT2D eigenvalue weighted by molar-refractivity contribution is 7.87. The van der Waals surface area contributed by atoms with Gasteiger partial charge in [-0.05, 0) is 79.2 Å². The number of hydrogen-bond donors (Lipinski definition) is 0. The number of halogens is 3. The van der Waals surface area contributed by atoms with E-state index in [0.717, 1.165) is 25.0 Å². The van der Waals surface area contributed by atoms with Gasteiger partial charge in [0, 0.05) is 5.41 Å². The van der Waals surface area contributed by atoms with Gasteiger partial charge in [-0.25, -0.2) is 0 Å². The molecule has 4 atom stereocenters. The van der Waals surface area contributed by atoms with Gasteiger partial charge in [0.25, 0.3) is 0 Å². The molecule has 1 saturated carbocycles. The van der Waals surface area contributed by atoms with Crippen molar-refractivity contribution in [2.24, 2.45) is 17.3 Å². The molecule has 154 valence electrons. The van der Waals surface area contributed by atoms with E-state index in [4.69, 9.17) is 4.74 Å². The second-order valence-corrected chi connectivity index (χ2v) is 9.76. The summed E-state index contributed by atoms with van der Waals surface area (Å²) in [5, 5.41) is 0. The van der Waals surface area contributed by atoms with Crippen LogP contribution in [0.4, 0.5) is 13.2 Å². The minimum Gasteiger partial charge on any atom is -0.497 e. The Balaban J connectivity index is 1.60. The average molecular weight is 416 g/mol. The summed E-state index contributed by atoms with van der Waals surface area (Å²) >= 11 is 0. The van der Waals surface area contributed by atoms with Crippen molar-refractivity contribution in [3.8, 4) is 5.75 Å². The molecule has 0 spiro atoms. The Labute approximate surface area is 162 Å². The lowest BCUT2D eigenvalue weighted by atomic mass is 9.55. The van der Waals surface area contributed by atoms with Crippen LogP contribution in [-0.4, -0.2) is 21.0 Å². The molecule has 28 heavy (non-hydrogen) atoms. The van der Waals surface area contributed by atoms with E-state index in [2.05, 4.69) is 16.3 Å². The summed E-state index contributed by atoms with van der Waals surface area (Å²) in [7, 11) is -4.00.